The highest BCUT2D eigenvalue weighted by Gasteiger charge is 2.11. The fourth-order valence-electron chi connectivity index (χ4n) is 2.03. The number of furan rings is 1. The van der Waals surface area contributed by atoms with Crippen LogP contribution in [0.2, 0.25) is 0 Å². The molecule has 118 valence electrons. The number of hydrogen-bond donors (Lipinski definition) is 1. The molecule has 6 heteroatoms. The van der Waals surface area contributed by atoms with Gasteiger partial charge in [0.1, 0.15) is 11.5 Å². The van der Waals surface area contributed by atoms with Gasteiger partial charge in [0.15, 0.2) is 10.9 Å². The highest BCUT2D eigenvalue weighted by Crippen LogP contribution is 2.27. The van der Waals surface area contributed by atoms with Gasteiger partial charge in [0, 0.05) is 10.3 Å². The minimum atomic E-state index is -0.0604. The van der Waals surface area contributed by atoms with Gasteiger partial charge in [-0.25, -0.2) is 4.98 Å². The summed E-state index contributed by atoms with van der Waals surface area (Å²) in [6.45, 7) is 3.93. The lowest BCUT2D eigenvalue weighted by atomic mass is 10.2. The number of hydrogen-bond acceptors (Lipinski definition) is 5. The van der Waals surface area contributed by atoms with E-state index in [2.05, 4.69) is 10.3 Å². The van der Waals surface area contributed by atoms with Gasteiger partial charge in [-0.2, -0.15) is 0 Å². The summed E-state index contributed by atoms with van der Waals surface area (Å²) in [6, 6.07) is 11.8. The van der Waals surface area contributed by atoms with Gasteiger partial charge in [-0.3, -0.25) is 4.79 Å². The third kappa shape index (κ3) is 4.03. The van der Waals surface area contributed by atoms with E-state index in [4.69, 9.17) is 4.42 Å². The zero-order valence-electron chi connectivity index (χ0n) is 12.8. The third-order valence-electron chi connectivity index (χ3n) is 3.20. The van der Waals surface area contributed by atoms with E-state index in [1.807, 2.05) is 55.6 Å². The summed E-state index contributed by atoms with van der Waals surface area (Å²) in [5.41, 5.74) is 1.92. The molecule has 1 N–H and O–H groups in total. The predicted octanol–water partition coefficient (Wildman–Crippen LogP) is 4.75. The molecule has 0 saturated heterocycles. The lowest BCUT2D eigenvalue weighted by molar-refractivity contribution is -0.113. The van der Waals surface area contributed by atoms with E-state index < -0.39 is 0 Å². The number of anilines is 1. The van der Waals surface area contributed by atoms with Crippen molar-refractivity contribution in [3.63, 3.8) is 0 Å². The molecule has 4 nitrogen and oxygen atoms in total. The van der Waals surface area contributed by atoms with Gasteiger partial charge in [0.25, 0.3) is 0 Å². The third-order valence-corrected chi connectivity index (χ3v) is 5.13. The number of aromatic nitrogens is 1. The van der Waals surface area contributed by atoms with Crippen LogP contribution in [0, 0.1) is 13.8 Å². The molecule has 0 fully saturated rings. The van der Waals surface area contributed by atoms with Gasteiger partial charge in [-0.15, -0.1) is 23.1 Å². The van der Waals surface area contributed by atoms with Crippen molar-refractivity contribution in [1.82, 2.24) is 4.98 Å². The van der Waals surface area contributed by atoms with Gasteiger partial charge in [0.2, 0.25) is 5.91 Å². The highest BCUT2D eigenvalue weighted by molar-refractivity contribution is 8.00. The maximum atomic E-state index is 12.1. The maximum absolute atomic E-state index is 12.1. The fraction of sp³-hybridized carbons (Fsp3) is 0.176. The summed E-state index contributed by atoms with van der Waals surface area (Å²) in [5, 5.41) is 5.30. The summed E-state index contributed by atoms with van der Waals surface area (Å²) < 4.78 is 5.53. The van der Waals surface area contributed by atoms with Crippen LogP contribution in [0.3, 0.4) is 0 Å². The Morgan fingerprint density at radius 2 is 2.09 bits per heavy atom. The minimum Gasteiger partial charge on any atom is -0.460 e. The van der Waals surface area contributed by atoms with Crippen LogP contribution in [-0.2, 0) is 4.79 Å². The predicted molar refractivity (Wildman–Crippen MR) is 95.1 cm³/mol. The van der Waals surface area contributed by atoms with Crippen LogP contribution in [0.1, 0.15) is 11.3 Å². The van der Waals surface area contributed by atoms with Crippen molar-refractivity contribution >= 4 is 34.1 Å². The summed E-state index contributed by atoms with van der Waals surface area (Å²) in [6.07, 6.45) is 0. The van der Waals surface area contributed by atoms with Crippen molar-refractivity contribution in [2.75, 3.05) is 11.1 Å². The van der Waals surface area contributed by atoms with Crippen LogP contribution in [0.4, 0.5) is 5.13 Å². The van der Waals surface area contributed by atoms with Crippen LogP contribution in [0.15, 0.2) is 51.1 Å². The largest absolute Gasteiger partial charge is 0.460 e. The number of nitrogens with one attached hydrogen (secondary N) is 1. The number of benzene rings is 1. The molecule has 2 heterocycles. The molecule has 2 aromatic heterocycles. The highest BCUT2D eigenvalue weighted by atomic mass is 32.2. The molecule has 0 unspecified atom stereocenters. The van der Waals surface area contributed by atoms with Crippen LogP contribution in [0.25, 0.3) is 11.5 Å². The van der Waals surface area contributed by atoms with Gasteiger partial charge in [-0.05, 0) is 37.6 Å². The zero-order chi connectivity index (χ0) is 16.2. The van der Waals surface area contributed by atoms with E-state index >= 15 is 0 Å². The SMILES string of the molecule is Cc1ccc(-c2csc(NC(=O)CSc3ccccc3C)n2)o1. The molecule has 0 bridgehead atoms. The molecule has 3 aromatic rings. The molecule has 0 spiro atoms. The van der Waals surface area contributed by atoms with Crippen molar-refractivity contribution in [3.8, 4) is 11.5 Å². The molecule has 0 radical (unpaired) electrons. The van der Waals surface area contributed by atoms with E-state index in [0.29, 0.717) is 16.6 Å². The van der Waals surface area contributed by atoms with E-state index in [1.165, 1.54) is 28.7 Å². The van der Waals surface area contributed by atoms with E-state index in [1.54, 1.807) is 0 Å². The number of carbonyl (C=O) groups excluding carboxylic acids is 1. The molecular formula is C17H16N2O2S2. The first kappa shape index (κ1) is 15.8. The quantitative estimate of drug-likeness (QED) is 0.679. The molecule has 3 rings (SSSR count). The Kier molecular flexibility index (Phi) is 4.83. The normalized spacial score (nSPS) is 10.7. The Balaban J connectivity index is 1.58. The van der Waals surface area contributed by atoms with Crippen LogP contribution >= 0.6 is 23.1 Å². The summed E-state index contributed by atoms with van der Waals surface area (Å²) in [4.78, 5) is 17.6. The number of aryl methyl sites for hydroxylation is 2. The monoisotopic (exact) mass is 344 g/mol. The van der Waals surface area contributed by atoms with Crippen LogP contribution in [-0.4, -0.2) is 16.6 Å². The first-order valence-corrected chi connectivity index (χ1v) is 8.99. The fourth-order valence-corrected chi connectivity index (χ4v) is 3.58. The van der Waals surface area contributed by atoms with Gasteiger partial charge >= 0.3 is 0 Å². The van der Waals surface area contributed by atoms with Crippen molar-refractivity contribution in [1.29, 1.82) is 0 Å². The lowest BCUT2D eigenvalue weighted by Crippen LogP contribution is -2.13. The smallest absolute Gasteiger partial charge is 0.236 e. The molecule has 1 amide bonds. The summed E-state index contributed by atoms with van der Waals surface area (Å²) in [7, 11) is 0. The number of thiazole rings is 1. The lowest BCUT2D eigenvalue weighted by Gasteiger charge is -2.04. The average molecular weight is 344 g/mol. The first-order chi connectivity index (χ1) is 11.1. The second-order valence-corrected chi connectivity index (χ2v) is 6.93. The molecule has 0 aliphatic carbocycles. The Hall–Kier alpha value is -2.05. The zero-order valence-corrected chi connectivity index (χ0v) is 14.5. The Bertz CT molecular complexity index is 823. The number of rotatable bonds is 5. The molecule has 0 atom stereocenters. The topological polar surface area (TPSA) is 55.1 Å². The van der Waals surface area contributed by atoms with Gasteiger partial charge < -0.3 is 9.73 Å². The van der Waals surface area contributed by atoms with E-state index in [-0.39, 0.29) is 5.91 Å². The molecule has 23 heavy (non-hydrogen) atoms. The van der Waals surface area contributed by atoms with Crippen LogP contribution in [0.5, 0.6) is 0 Å². The summed E-state index contributed by atoms with van der Waals surface area (Å²) in [5.74, 6) is 1.86. The van der Waals surface area contributed by atoms with E-state index in [0.717, 1.165) is 16.3 Å². The van der Waals surface area contributed by atoms with Gasteiger partial charge in [0.05, 0.1) is 5.75 Å². The Morgan fingerprint density at radius 1 is 1.26 bits per heavy atom. The second kappa shape index (κ2) is 7.02. The van der Waals surface area contributed by atoms with Gasteiger partial charge in [-0.1, -0.05) is 18.2 Å². The molecule has 1 aromatic carbocycles. The standard InChI is InChI=1S/C17H16N2O2S2/c1-11-5-3-4-6-15(11)22-10-16(20)19-17-18-13(9-23-17)14-8-7-12(2)21-14/h3-9H,10H2,1-2H3,(H,18,19,20). The van der Waals surface area contributed by atoms with Crippen molar-refractivity contribution in [2.45, 2.75) is 18.7 Å². The van der Waals surface area contributed by atoms with E-state index in [9.17, 15) is 4.79 Å². The van der Waals surface area contributed by atoms with Crippen LogP contribution < -0.4 is 5.32 Å². The first-order valence-electron chi connectivity index (χ1n) is 7.12. The number of amides is 1. The maximum Gasteiger partial charge on any atom is 0.236 e. The molecule has 0 saturated carbocycles. The molecular weight excluding hydrogens is 328 g/mol. The second-order valence-electron chi connectivity index (χ2n) is 5.05. The van der Waals surface area contributed by atoms with Crippen molar-refractivity contribution in [2.24, 2.45) is 0 Å². The summed E-state index contributed by atoms with van der Waals surface area (Å²) >= 11 is 2.92. The molecule has 0 aliphatic heterocycles. The van der Waals surface area contributed by atoms with Crippen molar-refractivity contribution in [3.05, 3.63) is 53.1 Å². The average Bonchev–Trinajstić information content (AvgIpc) is 3.15. The Morgan fingerprint density at radius 3 is 2.83 bits per heavy atom. The minimum absolute atomic E-state index is 0.0604. The number of thioether (sulfide) groups is 1. The number of carbonyl (C=O) groups is 1. The molecule has 0 aliphatic rings. The number of nitrogens with zero attached hydrogens (tertiary/aromatic N) is 1. The van der Waals surface area contributed by atoms with Crippen molar-refractivity contribution < 1.29 is 9.21 Å². The Labute approximate surface area is 142 Å².